The first kappa shape index (κ1) is 20.6. The number of benzene rings is 1. The normalized spacial score (nSPS) is 11.6. The van der Waals surface area contributed by atoms with Crippen molar-refractivity contribution in [2.45, 2.75) is 40.3 Å². The summed E-state index contributed by atoms with van der Waals surface area (Å²) in [6.45, 7) is 6.79. The maximum Gasteiger partial charge on any atom is 0.416 e. The first-order chi connectivity index (χ1) is 13.6. The van der Waals surface area contributed by atoms with E-state index in [1.165, 1.54) is 19.1 Å². The fourth-order valence-corrected chi connectivity index (χ4v) is 2.98. The van der Waals surface area contributed by atoms with E-state index in [1.807, 2.05) is 20.8 Å². The molecule has 3 rings (SSSR count). The van der Waals surface area contributed by atoms with Gasteiger partial charge in [0.2, 0.25) is 0 Å². The van der Waals surface area contributed by atoms with E-state index in [2.05, 4.69) is 10.1 Å². The van der Waals surface area contributed by atoms with Gasteiger partial charge in [0, 0.05) is 47.5 Å². The summed E-state index contributed by atoms with van der Waals surface area (Å²) in [5, 5.41) is 4.01. The third-order valence-corrected chi connectivity index (χ3v) is 4.59. The lowest BCUT2D eigenvalue weighted by molar-refractivity contribution is -0.137. The summed E-state index contributed by atoms with van der Waals surface area (Å²) < 4.78 is 48.9. The van der Waals surface area contributed by atoms with Crippen LogP contribution in [-0.4, -0.2) is 16.1 Å². The molecule has 0 bridgehead atoms. The molecule has 0 saturated heterocycles. The Morgan fingerprint density at radius 3 is 2.34 bits per heavy atom. The van der Waals surface area contributed by atoms with Gasteiger partial charge in [0.05, 0.1) is 11.3 Å². The smallest absolute Gasteiger partial charge is 0.416 e. The van der Waals surface area contributed by atoms with Crippen molar-refractivity contribution in [3.63, 3.8) is 0 Å². The van der Waals surface area contributed by atoms with Crippen molar-refractivity contribution >= 4 is 5.97 Å². The Morgan fingerprint density at radius 1 is 1.10 bits per heavy atom. The minimum atomic E-state index is -4.40. The molecule has 2 heterocycles. The maximum absolute atomic E-state index is 12.7. The number of nitrogens with zero attached hydrogens (tertiary/aromatic N) is 2. The number of rotatable bonds is 4. The zero-order valence-corrected chi connectivity index (χ0v) is 16.3. The molecule has 0 radical (unpaired) electrons. The Kier molecular flexibility index (Phi) is 5.46. The van der Waals surface area contributed by atoms with Gasteiger partial charge in [0.1, 0.15) is 5.75 Å². The third kappa shape index (κ3) is 4.47. The quantitative estimate of drug-likeness (QED) is 0.560. The molecule has 0 unspecified atom stereocenters. The van der Waals surface area contributed by atoms with Crippen molar-refractivity contribution in [3.8, 4) is 17.1 Å². The summed E-state index contributed by atoms with van der Waals surface area (Å²) in [5.74, 6) is 0.351. The van der Waals surface area contributed by atoms with Gasteiger partial charge in [-0.2, -0.15) is 13.2 Å². The molecule has 0 amide bonds. The first-order valence-electron chi connectivity index (χ1n) is 8.84. The molecule has 0 atom stereocenters. The number of hydrogen-bond donors (Lipinski definition) is 0. The second kappa shape index (κ2) is 7.69. The van der Waals surface area contributed by atoms with E-state index >= 15 is 0 Å². The van der Waals surface area contributed by atoms with Crippen molar-refractivity contribution in [1.29, 1.82) is 0 Å². The topological polar surface area (TPSA) is 65.2 Å². The molecule has 1 aromatic carbocycles. The number of hydrogen-bond acceptors (Lipinski definition) is 5. The lowest BCUT2D eigenvalue weighted by Gasteiger charge is -2.15. The van der Waals surface area contributed by atoms with Gasteiger partial charge in [-0.3, -0.25) is 9.78 Å². The minimum Gasteiger partial charge on any atom is -0.426 e. The summed E-state index contributed by atoms with van der Waals surface area (Å²) in [6, 6.07) is 6.30. The average molecular weight is 404 g/mol. The van der Waals surface area contributed by atoms with Crippen molar-refractivity contribution in [2.24, 2.45) is 0 Å². The van der Waals surface area contributed by atoms with Crippen molar-refractivity contribution in [3.05, 3.63) is 64.1 Å². The van der Waals surface area contributed by atoms with Gasteiger partial charge in [0.25, 0.3) is 0 Å². The molecule has 0 N–H and O–H groups in total. The Morgan fingerprint density at radius 2 is 1.76 bits per heavy atom. The standard InChI is InChI=1S/C21H19F3N2O3/c1-11-12(2)25-13(3)18(20(11)28-14(4)27)9-17-10-19(29-26-17)15-5-7-16(8-6-15)21(22,23)24/h5-8,10H,9H2,1-4H3. The summed E-state index contributed by atoms with van der Waals surface area (Å²) in [6.07, 6.45) is -4.10. The molecule has 0 aliphatic heterocycles. The average Bonchev–Trinajstić information content (AvgIpc) is 3.10. The van der Waals surface area contributed by atoms with Gasteiger partial charge in [-0.05, 0) is 32.9 Å². The molecule has 0 aliphatic carbocycles. The van der Waals surface area contributed by atoms with Crippen LogP contribution in [0.3, 0.4) is 0 Å². The predicted molar refractivity (Wildman–Crippen MR) is 99.5 cm³/mol. The molecule has 29 heavy (non-hydrogen) atoms. The van der Waals surface area contributed by atoms with Gasteiger partial charge in [-0.1, -0.05) is 17.3 Å². The zero-order chi connectivity index (χ0) is 21.3. The van der Waals surface area contributed by atoms with E-state index in [0.717, 1.165) is 23.4 Å². The van der Waals surface area contributed by atoms with Crippen LogP contribution in [0.15, 0.2) is 34.9 Å². The molecular formula is C21H19F3N2O3. The Hall–Kier alpha value is -3.16. The van der Waals surface area contributed by atoms with Gasteiger partial charge >= 0.3 is 12.1 Å². The minimum absolute atomic E-state index is 0.298. The van der Waals surface area contributed by atoms with Crippen LogP contribution in [0.2, 0.25) is 0 Å². The van der Waals surface area contributed by atoms with Crippen molar-refractivity contribution in [2.75, 3.05) is 0 Å². The molecule has 2 aromatic heterocycles. The molecule has 0 spiro atoms. The van der Waals surface area contributed by atoms with Crippen LogP contribution in [0, 0.1) is 20.8 Å². The molecule has 5 nitrogen and oxygen atoms in total. The number of pyridine rings is 1. The molecule has 152 valence electrons. The van der Waals surface area contributed by atoms with E-state index < -0.39 is 17.7 Å². The van der Waals surface area contributed by atoms with Crippen molar-refractivity contribution < 1.29 is 27.2 Å². The summed E-state index contributed by atoms with van der Waals surface area (Å²) in [7, 11) is 0. The lowest BCUT2D eigenvalue weighted by atomic mass is 10.0. The summed E-state index contributed by atoms with van der Waals surface area (Å²) >= 11 is 0. The number of esters is 1. The van der Waals surface area contributed by atoms with Crippen molar-refractivity contribution in [1.82, 2.24) is 10.1 Å². The highest BCUT2D eigenvalue weighted by atomic mass is 19.4. The van der Waals surface area contributed by atoms with Crippen LogP contribution in [0.5, 0.6) is 5.75 Å². The highest BCUT2D eigenvalue weighted by Gasteiger charge is 2.30. The largest absolute Gasteiger partial charge is 0.426 e. The first-order valence-corrected chi connectivity index (χ1v) is 8.84. The number of aromatic nitrogens is 2. The van der Waals surface area contributed by atoms with Gasteiger partial charge in [-0.15, -0.1) is 0 Å². The van der Waals surface area contributed by atoms with E-state index in [9.17, 15) is 18.0 Å². The molecule has 0 saturated carbocycles. The second-order valence-electron chi connectivity index (χ2n) is 6.74. The van der Waals surface area contributed by atoms with Gasteiger partial charge in [0.15, 0.2) is 5.76 Å². The summed E-state index contributed by atoms with van der Waals surface area (Å²) in [5.41, 5.74) is 3.21. The number of aryl methyl sites for hydroxylation is 2. The van der Waals surface area contributed by atoms with Crippen LogP contribution in [0.1, 0.15) is 40.7 Å². The highest BCUT2D eigenvalue weighted by Crippen LogP contribution is 2.33. The van der Waals surface area contributed by atoms with E-state index in [-0.39, 0.29) is 0 Å². The van der Waals surface area contributed by atoms with E-state index in [1.54, 1.807) is 6.07 Å². The molecule has 8 heteroatoms. The van der Waals surface area contributed by atoms with Gasteiger partial charge < -0.3 is 9.26 Å². The number of carbonyl (C=O) groups is 1. The van der Waals surface area contributed by atoms with Crippen LogP contribution >= 0.6 is 0 Å². The number of carbonyl (C=O) groups excluding carboxylic acids is 1. The fraction of sp³-hybridized carbons (Fsp3) is 0.286. The van der Waals surface area contributed by atoms with E-state index in [4.69, 9.17) is 9.26 Å². The number of alkyl halides is 3. The van der Waals surface area contributed by atoms with Crippen LogP contribution in [0.25, 0.3) is 11.3 Å². The number of ether oxygens (including phenoxy) is 1. The monoisotopic (exact) mass is 404 g/mol. The Labute approximate surface area is 165 Å². The van der Waals surface area contributed by atoms with E-state index in [0.29, 0.717) is 40.4 Å². The van der Waals surface area contributed by atoms with Crippen LogP contribution in [-0.2, 0) is 17.4 Å². The molecule has 0 aliphatic rings. The molecule has 3 aromatic rings. The van der Waals surface area contributed by atoms with Gasteiger partial charge in [-0.25, -0.2) is 0 Å². The summed E-state index contributed by atoms with van der Waals surface area (Å²) in [4.78, 5) is 16.0. The van der Waals surface area contributed by atoms with Crippen LogP contribution in [0.4, 0.5) is 13.2 Å². The predicted octanol–water partition coefficient (Wildman–Crippen LogP) is 5.20. The highest BCUT2D eigenvalue weighted by molar-refractivity contribution is 5.71. The molecular weight excluding hydrogens is 385 g/mol. The lowest BCUT2D eigenvalue weighted by Crippen LogP contribution is -2.10. The number of halogens is 3. The fourth-order valence-electron chi connectivity index (χ4n) is 2.98. The molecule has 0 fully saturated rings. The second-order valence-corrected chi connectivity index (χ2v) is 6.74. The third-order valence-electron chi connectivity index (χ3n) is 4.59. The Balaban J connectivity index is 1.91. The van der Waals surface area contributed by atoms with Crippen LogP contribution < -0.4 is 4.74 Å². The maximum atomic E-state index is 12.7. The Bertz CT molecular complexity index is 1050. The SMILES string of the molecule is CC(=O)Oc1c(C)c(C)nc(C)c1Cc1cc(-c2ccc(C(F)(F)F)cc2)on1. The zero-order valence-electron chi connectivity index (χ0n) is 16.3.